The molecule has 0 atom stereocenters. The van der Waals surface area contributed by atoms with E-state index in [-0.39, 0.29) is 0 Å². The predicted molar refractivity (Wildman–Crippen MR) is 87.2 cm³/mol. The van der Waals surface area contributed by atoms with Crippen LogP contribution in [0.2, 0.25) is 0 Å². The van der Waals surface area contributed by atoms with Gasteiger partial charge in [0.1, 0.15) is 0 Å². The number of ether oxygens (including phenoxy) is 1. The van der Waals surface area contributed by atoms with E-state index in [0.29, 0.717) is 5.92 Å². The summed E-state index contributed by atoms with van der Waals surface area (Å²) in [5.74, 6) is 1.41. The minimum Gasteiger partial charge on any atom is -0.382 e. The summed E-state index contributed by atoms with van der Waals surface area (Å²) in [6.07, 6.45) is 4.82. The summed E-state index contributed by atoms with van der Waals surface area (Å²) in [7, 11) is 0. The third kappa shape index (κ3) is 4.60. The third-order valence-corrected chi connectivity index (χ3v) is 3.42. The SMILES string of the molecule is CCOCCCn1ccnc1Nc1cccc(C(C)C)c1. The Morgan fingerprint density at radius 3 is 2.95 bits per heavy atom. The molecule has 1 N–H and O–H groups in total. The number of aromatic nitrogens is 2. The molecule has 1 aromatic carbocycles. The number of nitrogens with one attached hydrogen (secondary N) is 1. The summed E-state index contributed by atoms with van der Waals surface area (Å²) in [6.45, 7) is 8.90. The molecule has 0 spiro atoms. The Bertz CT molecular complexity index is 548. The summed E-state index contributed by atoms with van der Waals surface area (Å²) in [5, 5.41) is 3.40. The van der Waals surface area contributed by atoms with Gasteiger partial charge in [-0.25, -0.2) is 4.98 Å². The maximum absolute atomic E-state index is 5.38. The molecule has 0 aliphatic carbocycles. The molecule has 2 rings (SSSR count). The molecule has 0 amide bonds. The molecule has 0 fully saturated rings. The summed E-state index contributed by atoms with van der Waals surface area (Å²) < 4.78 is 7.50. The molecule has 0 aliphatic heterocycles. The molecule has 2 aromatic rings. The Balaban J connectivity index is 2.00. The van der Waals surface area contributed by atoms with E-state index in [2.05, 4.69) is 53.0 Å². The number of aryl methyl sites for hydroxylation is 1. The molecule has 4 heteroatoms. The van der Waals surface area contributed by atoms with Gasteiger partial charge in [0.25, 0.3) is 0 Å². The van der Waals surface area contributed by atoms with E-state index in [1.54, 1.807) is 0 Å². The van der Waals surface area contributed by atoms with Crippen molar-refractivity contribution in [2.75, 3.05) is 18.5 Å². The van der Waals surface area contributed by atoms with Crippen LogP contribution >= 0.6 is 0 Å². The largest absolute Gasteiger partial charge is 0.382 e. The number of anilines is 2. The third-order valence-electron chi connectivity index (χ3n) is 3.42. The zero-order valence-corrected chi connectivity index (χ0v) is 13.2. The van der Waals surface area contributed by atoms with Crippen molar-refractivity contribution in [3.05, 3.63) is 42.2 Å². The standard InChI is InChI=1S/C17H25N3O/c1-4-21-12-6-10-20-11-9-18-17(20)19-16-8-5-7-15(13-16)14(2)3/h5,7-9,11,13-14H,4,6,10,12H2,1-3H3,(H,18,19). The lowest BCUT2D eigenvalue weighted by atomic mass is 10.0. The second kappa shape index (κ2) is 7.84. The van der Waals surface area contributed by atoms with Gasteiger partial charge in [-0.1, -0.05) is 26.0 Å². The summed E-state index contributed by atoms with van der Waals surface area (Å²) in [4.78, 5) is 4.40. The topological polar surface area (TPSA) is 39.1 Å². The van der Waals surface area contributed by atoms with Crippen molar-refractivity contribution in [3.8, 4) is 0 Å². The molecule has 1 aromatic heterocycles. The Labute approximate surface area is 127 Å². The molecule has 1 heterocycles. The fourth-order valence-electron chi connectivity index (χ4n) is 2.20. The van der Waals surface area contributed by atoms with Crippen LogP contribution in [0, 0.1) is 0 Å². The van der Waals surface area contributed by atoms with Crippen LogP contribution in [0.25, 0.3) is 0 Å². The van der Waals surface area contributed by atoms with Gasteiger partial charge >= 0.3 is 0 Å². The summed E-state index contributed by atoms with van der Waals surface area (Å²) in [5.41, 5.74) is 2.41. The smallest absolute Gasteiger partial charge is 0.207 e. The number of imidazole rings is 1. The number of rotatable bonds is 8. The lowest BCUT2D eigenvalue weighted by molar-refractivity contribution is 0.142. The van der Waals surface area contributed by atoms with Crippen molar-refractivity contribution in [3.63, 3.8) is 0 Å². The highest BCUT2D eigenvalue weighted by Crippen LogP contribution is 2.21. The molecule has 0 bridgehead atoms. The van der Waals surface area contributed by atoms with Crippen molar-refractivity contribution < 1.29 is 4.74 Å². The van der Waals surface area contributed by atoms with Crippen molar-refractivity contribution in [1.29, 1.82) is 0 Å². The first-order valence-electron chi connectivity index (χ1n) is 7.66. The van der Waals surface area contributed by atoms with Crippen LogP contribution in [0.5, 0.6) is 0 Å². The van der Waals surface area contributed by atoms with Gasteiger partial charge in [-0.3, -0.25) is 0 Å². The number of benzene rings is 1. The van der Waals surface area contributed by atoms with E-state index >= 15 is 0 Å². The van der Waals surface area contributed by atoms with Crippen molar-refractivity contribution >= 4 is 11.6 Å². The minimum absolute atomic E-state index is 0.526. The van der Waals surface area contributed by atoms with Crippen LogP contribution in [0.4, 0.5) is 11.6 Å². The van der Waals surface area contributed by atoms with E-state index in [9.17, 15) is 0 Å². The van der Waals surface area contributed by atoms with Crippen molar-refractivity contribution in [1.82, 2.24) is 9.55 Å². The lowest BCUT2D eigenvalue weighted by Gasteiger charge is -2.12. The average Bonchev–Trinajstić information content (AvgIpc) is 2.91. The average molecular weight is 287 g/mol. The van der Waals surface area contributed by atoms with Gasteiger partial charge in [0.2, 0.25) is 5.95 Å². The van der Waals surface area contributed by atoms with Gasteiger partial charge in [0.05, 0.1) is 0 Å². The molecule has 0 aliphatic rings. The highest BCUT2D eigenvalue weighted by Gasteiger charge is 2.05. The van der Waals surface area contributed by atoms with Crippen LogP contribution in [-0.2, 0) is 11.3 Å². The highest BCUT2D eigenvalue weighted by atomic mass is 16.5. The minimum atomic E-state index is 0.526. The lowest BCUT2D eigenvalue weighted by Crippen LogP contribution is -2.06. The second-order valence-electron chi connectivity index (χ2n) is 5.40. The van der Waals surface area contributed by atoms with Gasteiger partial charge in [0, 0.05) is 37.8 Å². The Morgan fingerprint density at radius 1 is 1.33 bits per heavy atom. The second-order valence-corrected chi connectivity index (χ2v) is 5.40. The van der Waals surface area contributed by atoms with Gasteiger partial charge in [0.15, 0.2) is 0 Å². The van der Waals surface area contributed by atoms with Crippen LogP contribution in [0.1, 0.15) is 38.7 Å². The molecule has 0 saturated carbocycles. The van der Waals surface area contributed by atoms with Crippen LogP contribution in [0.3, 0.4) is 0 Å². The van der Waals surface area contributed by atoms with Gasteiger partial charge in [-0.2, -0.15) is 0 Å². The summed E-state index contributed by atoms with van der Waals surface area (Å²) >= 11 is 0. The number of nitrogens with zero attached hydrogens (tertiary/aromatic N) is 2. The van der Waals surface area contributed by atoms with E-state index < -0.39 is 0 Å². The van der Waals surface area contributed by atoms with Crippen LogP contribution in [0.15, 0.2) is 36.7 Å². The van der Waals surface area contributed by atoms with Gasteiger partial charge in [-0.15, -0.1) is 0 Å². The molecule has 4 nitrogen and oxygen atoms in total. The predicted octanol–water partition coefficient (Wildman–Crippen LogP) is 4.18. The maximum Gasteiger partial charge on any atom is 0.207 e. The van der Waals surface area contributed by atoms with E-state index in [4.69, 9.17) is 4.74 Å². The van der Waals surface area contributed by atoms with Gasteiger partial charge in [-0.05, 0) is 37.0 Å². The fraction of sp³-hybridized carbons (Fsp3) is 0.471. The first-order chi connectivity index (χ1) is 10.2. The maximum atomic E-state index is 5.38. The van der Waals surface area contributed by atoms with E-state index in [1.807, 2.05) is 19.3 Å². The molecule has 114 valence electrons. The fourth-order valence-corrected chi connectivity index (χ4v) is 2.20. The first kappa shape index (κ1) is 15.6. The molecule has 0 radical (unpaired) electrons. The van der Waals surface area contributed by atoms with Crippen molar-refractivity contribution in [2.45, 2.75) is 39.7 Å². The Hall–Kier alpha value is -1.81. The first-order valence-corrected chi connectivity index (χ1v) is 7.66. The van der Waals surface area contributed by atoms with E-state index in [0.717, 1.165) is 37.8 Å². The number of hydrogen-bond donors (Lipinski definition) is 1. The Kier molecular flexibility index (Phi) is 5.81. The van der Waals surface area contributed by atoms with E-state index in [1.165, 1.54) is 5.56 Å². The Morgan fingerprint density at radius 2 is 2.19 bits per heavy atom. The van der Waals surface area contributed by atoms with Gasteiger partial charge < -0.3 is 14.6 Å². The molecule has 21 heavy (non-hydrogen) atoms. The normalized spacial score (nSPS) is 11.0. The highest BCUT2D eigenvalue weighted by molar-refractivity contribution is 5.55. The quantitative estimate of drug-likeness (QED) is 0.740. The van der Waals surface area contributed by atoms with Crippen molar-refractivity contribution in [2.24, 2.45) is 0 Å². The van der Waals surface area contributed by atoms with Crippen LogP contribution in [-0.4, -0.2) is 22.8 Å². The zero-order valence-electron chi connectivity index (χ0n) is 13.2. The molecular formula is C17H25N3O. The number of hydrogen-bond acceptors (Lipinski definition) is 3. The monoisotopic (exact) mass is 287 g/mol. The zero-order chi connectivity index (χ0) is 15.1. The summed E-state index contributed by atoms with van der Waals surface area (Å²) in [6, 6.07) is 8.50. The molecule has 0 saturated heterocycles. The molecule has 0 unspecified atom stereocenters. The van der Waals surface area contributed by atoms with Crippen LogP contribution < -0.4 is 5.32 Å². The molecular weight excluding hydrogens is 262 g/mol.